The summed E-state index contributed by atoms with van der Waals surface area (Å²) < 4.78 is 8.36. The number of ether oxygens (including phenoxy) is 1. The molecular weight excluding hydrogens is 470 g/mol. The highest BCUT2D eigenvalue weighted by molar-refractivity contribution is 6.05. The summed E-state index contributed by atoms with van der Waals surface area (Å²) in [4.78, 5) is 45.7. The minimum absolute atomic E-state index is 0.0437. The Balaban J connectivity index is 1.08. The molecule has 9 nitrogen and oxygen atoms in total. The highest BCUT2D eigenvalue weighted by atomic mass is 16.5. The number of amides is 3. The minimum Gasteiger partial charge on any atom is -0.492 e. The lowest BCUT2D eigenvalue weighted by Crippen LogP contribution is -2.52. The van der Waals surface area contributed by atoms with E-state index in [0.717, 1.165) is 54.8 Å². The monoisotopic (exact) mass is 499 g/mol. The molecule has 190 valence electrons. The lowest BCUT2D eigenvalue weighted by Gasteiger charge is -2.38. The van der Waals surface area contributed by atoms with Gasteiger partial charge in [-0.25, -0.2) is 4.98 Å². The number of benzene rings is 2. The molecule has 4 aliphatic rings. The maximum absolute atomic E-state index is 13.2. The molecule has 2 aromatic carbocycles. The minimum atomic E-state index is -0.614. The summed E-state index contributed by atoms with van der Waals surface area (Å²) in [5.41, 5.74) is 6.11. The molecule has 1 spiro atoms. The number of fused-ring (bicyclic) bond motifs is 5. The first kappa shape index (κ1) is 22.5. The van der Waals surface area contributed by atoms with Gasteiger partial charge < -0.3 is 14.2 Å². The third-order valence-electron chi connectivity index (χ3n) is 8.74. The van der Waals surface area contributed by atoms with Crippen LogP contribution in [0.15, 0.2) is 36.7 Å². The summed E-state index contributed by atoms with van der Waals surface area (Å²) >= 11 is 0. The number of aromatic nitrogens is 2. The number of imide groups is 1. The van der Waals surface area contributed by atoms with Gasteiger partial charge in [0.15, 0.2) is 0 Å². The maximum Gasteiger partial charge on any atom is 0.255 e. The third kappa shape index (κ3) is 3.48. The van der Waals surface area contributed by atoms with Gasteiger partial charge in [-0.05, 0) is 56.1 Å². The predicted molar refractivity (Wildman–Crippen MR) is 135 cm³/mol. The largest absolute Gasteiger partial charge is 0.492 e. The van der Waals surface area contributed by atoms with E-state index in [9.17, 15) is 14.4 Å². The number of hydrogen-bond donors (Lipinski definition) is 1. The molecule has 0 aliphatic carbocycles. The normalized spacial score (nSPS) is 22.9. The second-order valence-corrected chi connectivity index (χ2v) is 10.9. The zero-order chi connectivity index (χ0) is 25.3. The molecule has 0 radical (unpaired) electrons. The molecule has 1 aromatic heterocycles. The smallest absolute Gasteiger partial charge is 0.255 e. The van der Waals surface area contributed by atoms with E-state index in [1.807, 2.05) is 19.4 Å². The van der Waals surface area contributed by atoms with Crippen molar-refractivity contribution in [1.82, 2.24) is 24.7 Å². The van der Waals surface area contributed by atoms with Crippen LogP contribution in [0.3, 0.4) is 0 Å². The fraction of sp³-hybridized carbons (Fsp3) is 0.429. The summed E-state index contributed by atoms with van der Waals surface area (Å²) in [6, 6.07) is 9.86. The van der Waals surface area contributed by atoms with Crippen LogP contribution in [0.5, 0.6) is 5.75 Å². The Morgan fingerprint density at radius 2 is 1.97 bits per heavy atom. The van der Waals surface area contributed by atoms with Crippen molar-refractivity contribution in [2.24, 2.45) is 7.05 Å². The quantitative estimate of drug-likeness (QED) is 0.556. The lowest BCUT2D eigenvalue weighted by molar-refractivity contribution is -0.136. The molecule has 37 heavy (non-hydrogen) atoms. The van der Waals surface area contributed by atoms with Gasteiger partial charge >= 0.3 is 0 Å². The molecule has 0 saturated carbocycles. The van der Waals surface area contributed by atoms with Gasteiger partial charge in [-0.2, -0.15) is 0 Å². The van der Waals surface area contributed by atoms with E-state index in [2.05, 4.69) is 44.0 Å². The topological polar surface area (TPSA) is 96.8 Å². The fourth-order valence-corrected chi connectivity index (χ4v) is 6.56. The molecule has 3 aromatic rings. The number of nitrogens with one attached hydrogen (secondary N) is 1. The summed E-state index contributed by atoms with van der Waals surface area (Å²) in [5.74, 6) is 0.00890. The summed E-state index contributed by atoms with van der Waals surface area (Å²) in [5, 5.41) is 2.37. The molecule has 9 heteroatoms. The molecule has 4 aliphatic heterocycles. The van der Waals surface area contributed by atoms with Crippen molar-refractivity contribution < 1.29 is 19.1 Å². The van der Waals surface area contributed by atoms with E-state index in [-0.39, 0.29) is 29.6 Å². The highest BCUT2D eigenvalue weighted by Gasteiger charge is 2.47. The maximum atomic E-state index is 13.2. The van der Waals surface area contributed by atoms with Crippen LogP contribution in [0.1, 0.15) is 52.7 Å². The van der Waals surface area contributed by atoms with Crippen molar-refractivity contribution >= 4 is 28.8 Å². The van der Waals surface area contributed by atoms with E-state index in [1.165, 1.54) is 11.1 Å². The molecule has 7 rings (SSSR count). The van der Waals surface area contributed by atoms with E-state index in [4.69, 9.17) is 4.74 Å². The van der Waals surface area contributed by atoms with Crippen molar-refractivity contribution in [3.05, 3.63) is 58.9 Å². The van der Waals surface area contributed by atoms with Gasteiger partial charge in [-0.1, -0.05) is 12.1 Å². The third-order valence-corrected chi connectivity index (χ3v) is 8.74. The van der Waals surface area contributed by atoms with Crippen LogP contribution in [0, 0.1) is 0 Å². The van der Waals surface area contributed by atoms with Crippen molar-refractivity contribution in [3.63, 3.8) is 0 Å². The lowest BCUT2D eigenvalue weighted by atomic mass is 9.74. The number of imidazole rings is 1. The second-order valence-electron chi connectivity index (χ2n) is 10.9. The average Bonchev–Trinajstić information content (AvgIpc) is 3.55. The van der Waals surface area contributed by atoms with E-state index in [0.29, 0.717) is 25.1 Å². The zero-order valence-corrected chi connectivity index (χ0v) is 20.8. The first-order valence-corrected chi connectivity index (χ1v) is 13.0. The fourth-order valence-electron chi connectivity index (χ4n) is 6.56. The van der Waals surface area contributed by atoms with Gasteiger partial charge in [-0.3, -0.25) is 24.6 Å². The number of aryl methyl sites for hydroxylation is 1. The first-order valence-electron chi connectivity index (χ1n) is 13.0. The average molecular weight is 500 g/mol. The number of carbonyl (C=O) groups excluding carboxylic acids is 3. The summed E-state index contributed by atoms with van der Waals surface area (Å²) in [6.07, 6.45) is 4.46. The number of piperidine rings is 2. The van der Waals surface area contributed by atoms with Crippen LogP contribution in [-0.2, 0) is 35.1 Å². The van der Waals surface area contributed by atoms with Gasteiger partial charge in [0.25, 0.3) is 5.91 Å². The van der Waals surface area contributed by atoms with Crippen molar-refractivity contribution in [1.29, 1.82) is 0 Å². The Morgan fingerprint density at radius 3 is 2.78 bits per heavy atom. The van der Waals surface area contributed by atoms with Crippen LogP contribution in [-0.4, -0.2) is 62.8 Å². The molecule has 5 heterocycles. The zero-order valence-electron chi connectivity index (χ0n) is 20.8. The van der Waals surface area contributed by atoms with Gasteiger partial charge in [0.05, 0.1) is 30.5 Å². The Labute approximate surface area is 214 Å². The van der Waals surface area contributed by atoms with Crippen LogP contribution in [0.25, 0.3) is 11.0 Å². The molecule has 1 atom stereocenters. The molecule has 1 unspecified atom stereocenters. The predicted octanol–water partition coefficient (Wildman–Crippen LogP) is 2.26. The van der Waals surface area contributed by atoms with E-state index < -0.39 is 6.04 Å². The van der Waals surface area contributed by atoms with E-state index >= 15 is 0 Å². The Bertz CT molecular complexity index is 1470. The SMILES string of the molecule is Cn1cnc2ccc(CN3CCC4(CC3)COc3c4ccc4c3CN(C3CCC(=O)NC3=O)C4=O)cc21. The van der Waals surface area contributed by atoms with Gasteiger partial charge in [0.2, 0.25) is 11.8 Å². The van der Waals surface area contributed by atoms with Gasteiger partial charge in [-0.15, -0.1) is 0 Å². The Kier molecular flexibility index (Phi) is 4.95. The molecule has 3 amide bonds. The summed E-state index contributed by atoms with van der Waals surface area (Å²) in [6.45, 7) is 3.84. The second kappa shape index (κ2) is 8.14. The molecule has 0 bridgehead atoms. The van der Waals surface area contributed by atoms with Crippen LogP contribution >= 0.6 is 0 Å². The Morgan fingerprint density at radius 1 is 1.14 bits per heavy atom. The Hall–Kier alpha value is -3.72. The van der Waals surface area contributed by atoms with Crippen LogP contribution in [0.4, 0.5) is 0 Å². The first-order chi connectivity index (χ1) is 17.9. The number of nitrogens with zero attached hydrogens (tertiary/aromatic N) is 4. The standard InChI is InChI=1S/C28H29N5O4/c1-31-16-29-21-5-2-17(12-23(21)31)13-32-10-8-28(9-11-32)15-37-25-19-14-33(22-6-7-24(34)30-26(22)35)27(36)18(19)3-4-20(25)28/h2-5,12,16,22H,6-11,13-15H2,1H3,(H,30,34,35). The molecular formula is C28H29N5O4. The highest BCUT2D eigenvalue weighted by Crippen LogP contribution is 2.49. The van der Waals surface area contributed by atoms with Crippen LogP contribution in [0.2, 0.25) is 0 Å². The summed E-state index contributed by atoms with van der Waals surface area (Å²) in [7, 11) is 2.02. The number of carbonyl (C=O) groups is 3. The van der Waals surface area contributed by atoms with Gasteiger partial charge in [0.1, 0.15) is 11.8 Å². The molecule has 1 N–H and O–H groups in total. The van der Waals surface area contributed by atoms with E-state index in [1.54, 1.807) is 4.90 Å². The van der Waals surface area contributed by atoms with Crippen molar-refractivity contribution in [2.45, 2.75) is 50.2 Å². The van der Waals surface area contributed by atoms with Crippen molar-refractivity contribution in [2.75, 3.05) is 19.7 Å². The van der Waals surface area contributed by atoms with Gasteiger partial charge in [0, 0.05) is 42.1 Å². The van der Waals surface area contributed by atoms with Crippen LogP contribution < -0.4 is 10.1 Å². The number of likely N-dealkylation sites (tertiary alicyclic amines) is 1. The number of rotatable bonds is 3. The molecule has 2 fully saturated rings. The number of hydrogen-bond acceptors (Lipinski definition) is 6. The molecule has 2 saturated heterocycles. The van der Waals surface area contributed by atoms with Crippen molar-refractivity contribution in [3.8, 4) is 5.75 Å².